The Labute approximate surface area is 106 Å². The molecule has 0 spiro atoms. The first-order valence-corrected chi connectivity index (χ1v) is 7.30. The molecule has 0 fully saturated rings. The average molecular weight is 269 g/mol. The molecule has 2 N–H and O–H groups in total. The van der Waals surface area contributed by atoms with Crippen LogP contribution < -0.4 is 5.73 Å². The summed E-state index contributed by atoms with van der Waals surface area (Å²) in [5.74, 6) is 0.0894. The molecule has 0 aliphatic heterocycles. The van der Waals surface area contributed by atoms with E-state index in [4.69, 9.17) is 5.73 Å². The minimum absolute atomic E-state index is 0.158. The van der Waals surface area contributed by atoms with Gasteiger partial charge in [0.15, 0.2) is 0 Å². The number of halogens is 1. The second-order valence-electron chi connectivity index (χ2n) is 3.55. The van der Waals surface area contributed by atoms with Crippen LogP contribution in [0.25, 0.3) is 0 Å². The highest BCUT2D eigenvalue weighted by molar-refractivity contribution is 7.86. The van der Waals surface area contributed by atoms with E-state index in [1.165, 1.54) is 17.4 Å². The van der Waals surface area contributed by atoms with Crippen molar-refractivity contribution >= 4 is 22.1 Å². The number of rotatable bonds is 4. The van der Waals surface area contributed by atoms with Gasteiger partial charge < -0.3 is 5.73 Å². The molecule has 2 nitrogen and oxygen atoms in total. The molecule has 0 amide bonds. The van der Waals surface area contributed by atoms with Crippen molar-refractivity contribution in [2.24, 2.45) is 5.73 Å². The Morgan fingerprint density at radius 1 is 1.35 bits per heavy atom. The molecule has 1 atom stereocenters. The van der Waals surface area contributed by atoms with E-state index in [0.717, 1.165) is 9.77 Å². The molecule has 0 radical (unpaired) electrons. The van der Waals surface area contributed by atoms with Crippen LogP contribution in [0.4, 0.5) is 4.39 Å². The number of hydrogen-bond donors (Lipinski definition) is 1. The van der Waals surface area contributed by atoms with Crippen LogP contribution in [-0.4, -0.2) is 4.21 Å². The van der Waals surface area contributed by atoms with E-state index < -0.39 is 10.8 Å². The van der Waals surface area contributed by atoms with Crippen molar-refractivity contribution in [2.45, 2.75) is 16.5 Å². The third-order valence-corrected chi connectivity index (χ3v) is 5.04. The molecule has 2 rings (SSSR count). The van der Waals surface area contributed by atoms with E-state index in [1.54, 1.807) is 12.1 Å². The van der Waals surface area contributed by atoms with Crippen molar-refractivity contribution in [1.82, 2.24) is 0 Å². The highest BCUT2D eigenvalue weighted by atomic mass is 32.2. The van der Waals surface area contributed by atoms with Gasteiger partial charge in [-0.25, -0.2) is 4.39 Å². The predicted molar refractivity (Wildman–Crippen MR) is 68.7 cm³/mol. The van der Waals surface area contributed by atoms with E-state index >= 15 is 0 Å². The van der Waals surface area contributed by atoms with Gasteiger partial charge in [-0.15, -0.1) is 11.3 Å². The van der Waals surface area contributed by atoms with Crippen molar-refractivity contribution in [2.75, 3.05) is 0 Å². The Hall–Kier alpha value is -1.04. The quantitative estimate of drug-likeness (QED) is 0.927. The Morgan fingerprint density at radius 2 is 2.18 bits per heavy atom. The van der Waals surface area contributed by atoms with Gasteiger partial charge in [-0.05, 0) is 23.1 Å². The SMILES string of the molecule is NCc1cc(CS(=O)c2cccs2)ccc1F. The van der Waals surface area contributed by atoms with Crippen LogP contribution in [-0.2, 0) is 23.1 Å². The van der Waals surface area contributed by atoms with Gasteiger partial charge in [0, 0.05) is 12.1 Å². The molecule has 1 aromatic carbocycles. The topological polar surface area (TPSA) is 43.1 Å². The predicted octanol–water partition coefficient (Wildman–Crippen LogP) is 2.65. The molecule has 1 heterocycles. The fourth-order valence-electron chi connectivity index (χ4n) is 1.49. The lowest BCUT2D eigenvalue weighted by molar-refractivity contribution is 0.610. The first-order chi connectivity index (χ1) is 8.20. The fraction of sp³-hybridized carbons (Fsp3) is 0.167. The molecule has 0 saturated carbocycles. The summed E-state index contributed by atoms with van der Waals surface area (Å²) < 4.78 is 26.0. The third kappa shape index (κ3) is 3.00. The van der Waals surface area contributed by atoms with Crippen LogP contribution in [0.15, 0.2) is 39.9 Å². The Bertz CT molecular complexity index is 525. The van der Waals surface area contributed by atoms with Gasteiger partial charge in [0.25, 0.3) is 0 Å². The molecule has 0 aliphatic rings. The maximum Gasteiger partial charge on any atom is 0.127 e. The van der Waals surface area contributed by atoms with Gasteiger partial charge in [0.1, 0.15) is 5.82 Å². The molecule has 2 aromatic rings. The molecule has 1 unspecified atom stereocenters. The summed E-state index contributed by atoms with van der Waals surface area (Å²) >= 11 is 1.46. The summed E-state index contributed by atoms with van der Waals surface area (Å²) in [6.07, 6.45) is 0. The smallest absolute Gasteiger partial charge is 0.127 e. The number of benzene rings is 1. The van der Waals surface area contributed by atoms with Crippen LogP contribution >= 0.6 is 11.3 Å². The van der Waals surface area contributed by atoms with E-state index in [9.17, 15) is 8.60 Å². The lowest BCUT2D eigenvalue weighted by atomic mass is 10.1. The maximum absolute atomic E-state index is 13.2. The summed E-state index contributed by atoms with van der Waals surface area (Å²) in [7, 11) is -1.06. The second kappa shape index (κ2) is 5.53. The summed E-state index contributed by atoms with van der Waals surface area (Å²) in [5.41, 5.74) is 6.74. The van der Waals surface area contributed by atoms with Crippen LogP contribution in [0, 0.1) is 5.82 Å². The summed E-state index contributed by atoms with van der Waals surface area (Å²) in [6, 6.07) is 8.42. The van der Waals surface area contributed by atoms with Crippen LogP contribution in [0.1, 0.15) is 11.1 Å². The zero-order chi connectivity index (χ0) is 12.3. The first kappa shape index (κ1) is 12.4. The monoisotopic (exact) mass is 269 g/mol. The minimum Gasteiger partial charge on any atom is -0.326 e. The largest absolute Gasteiger partial charge is 0.326 e. The molecule has 0 bridgehead atoms. The standard InChI is InChI=1S/C12H12FNOS2/c13-11-4-3-9(6-10(11)7-14)8-17(15)12-2-1-5-16-12/h1-6H,7-8,14H2. The van der Waals surface area contributed by atoms with Crippen molar-refractivity contribution in [3.8, 4) is 0 Å². The van der Waals surface area contributed by atoms with Crippen molar-refractivity contribution < 1.29 is 8.60 Å². The first-order valence-electron chi connectivity index (χ1n) is 5.10. The van der Waals surface area contributed by atoms with Gasteiger partial charge in [-0.1, -0.05) is 18.2 Å². The summed E-state index contributed by atoms with van der Waals surface area (Å²) in [6.45, 7) is 0.158. The lowest BCUT2D eigenvalue weighted by Crippen LogP contribution is -2.02. The van der Waals surface area contributed by atoms with Gasteiger partial charge in [0.05, 0.1) is 20.8 Å². The van der Waals surface area contributed by atoms with Crippen LogP contribution in [0.5, 0.6) is 0 Å². The van der Waals surface area contributed by atoms with Crippen molar-refractivity contribution in [3.05, 3.63) is 52.7 Å². The molecular formula is C12H12FNOS2. The average Bonchev–Trinajstić information content (AvgIpc) is 2.85. The maximum atomic E-state index is 13.2. The summed E-state index contributed by atoms with van der Waals surface area (Å²) in [5, 5.41) is 1.89. The van der Waals surface area contributed by atoms with E-state index in [0.29, 0.717) is 11.3 Å². The molecule has 17 heavy (non-hydrogen) atoms. The number of thiophene rings is 1. The van der Waals surface area contributed by atoms with Gasteiger partial charge in [-0.2, -0.15) is 0 Å². The highest BCUT2D eigenvalue weighted by Crippen LogP contribution is 2.19. The molecule has 5 heteroatoms. The van der Waals surface area contributed by atoms with Gasteiger partial charge in [0.2, 0.25) is 0 Å². The molecular weight excluding hydrogens is 257 g/mol. The second-order valence-corrected chi connectivity index (χ2v) is 6.18. The minimum atomic E-state index is -1.06. The molecule has 0 saturated heterocycles. The lowest BCUT2D eigenvalue weighted by Gasteiger charge is -2.04. The van der Waals surface area contributed by atoms with Crippen molar-refractivity contribution in [1.29, 1.82) is 0 Å². The summed E-state index contributed by atoms with van der Waals surface area (Å²) in [4.78, 5) is 0. The van der Waals surface area contributed by atoms with E-state index in [1.807, 2.05) is 17.5 Å². The number of nitrogens with two attached hydrogens (primary N) is 1. The third-order valence-electron chi connectivity index (χ3n) is 2.35. The van der Waals surface area contributed by atoms with E-state index in [2.05, 4.69) is 0 Å². The van der Waals surface area contributed by atoms with Gasteiger partial charge in [-0.3, -0.25) is 4.21 Å². The van der Waals surface area contributed by atoms with Gasteiger partial charge >= 0.3 is 0 Å². The molecule has 90 valence electrons. The van der Waals surface area contributed by atoms with Crippen molar-refractivity contribution in [3.63, 3.8) is 0 Å². The van der Waals surface area contributed by atoms with E-state index in [-0.39, 0.29) is 12.4 Å². The number of hydrogen-bond acceptors (Lipinski definition) is 3. The fourth-order valence-corrected chi connectivity index (χ4v) is 3.57. The normalized spacial score (nSPS) is 12.6. The zero-order valence-electron chi connectivity index (χ0n) is 9.06. The Kier molecular flexibility index (Phi) is 4.04. The van der Waals surface area contributed by atoms with Crippen LogP contribution in [0.2, 0.25) is 0 Å². The highest BCUT2D eigenvalue weighted by Gasteiger charge is 2.08. The van der Waals surface area contributed by atoms with Crippen LogP contribution in [0.3, 0.4) is 0 Å². The Balaban J connectivity index is 2.16. The zero-order valence-corrected chi connectivity index (χ0v) is 10.7. The molecule has 0 aliphatic carbocycles. The molecule has 1 aromatic heterocycles. The Morgan fingerprint density at radius 3 is 2.82 bits per heavy atom.